The Morgan fingerprint density at radius 3 is 2.47 bits per heavy atom. The summed E-state index contributed by atoms with van der Waals surface area (Å²) in [4.78, 5) is 16.0. The number of nitrogens with zero attached hydrogens (tertiary/aromatic N) is 3. The van der Waals surface area contributed by atoms with Crippen LogP contribution < -0.4 is 5.43 Å². The molecule has 0 amide bonds. The number of H-pyrrole nitrogens is 1. The van der Waals surface area contributed by atoms with Crippen LogP contribution in [-0.2, 0) is 6.54 Å². The smallest absolute Gasteiger partial charge is 0.242 e. The number of nitrogens with one attached hydrogen (secondary N) is 1. The second-order valence-electron chi connectivity index (χ2n) is 7.21. The molecule has 0 fully saturated rings. The number of imidazole rings is 1. The van der Waals surface area contributed by atoms with E-state index in [2.05, 4.69) is 39.4 Å². The van der Waals surface area contributed by atoms with Gasteiger partial charge in [0.25, 0.3) is 0 Å². The predicted molar refractivity (Wildman–Crippen MR) is 112 cm³/mol. The van der Waals surface area contributed by atoms with Gasteiger partial charge in [-0.1, -0.05) is 42.0 Å². The summed E-state index contributed by atoms with van der Waals surface area (Å²) in [6, 6.07) is 14.8. The molecule has 0 saturated carbocycles. The van der Waals surface area contributed by atoms with Crippen molar-refractivity contribution >= 4 is 0 Å². The first-order chi connectivity index (χ1) is 14.5. The zero-order valence-electron chi connectivity index (χ0n) is 16.4. The highest BCUT2D eigenvalue weighted by Gasteiger charge is 2.18. The van der Waals surface area contributed by atoms with Crippen LogP contribution in [0.3, 0.4) is 0 Å². The molecule has 0 spiro atoms. The molecule has 0 radical (unpaired) electrons. The molecule has 6 nitrogen and oxygen atoms in total. The quantitative estimate of drug-likeness (QED) is 0.509. The van der Waals surface area contributed by atoms with Gasteiger partial charge in [-0.05, 0) is 36.6 Å². The van der Waals surface area contributed by atoms with Gasteiger partial charge in [0.1, 0.15) is 11.5 Å². The van der Waals surface area contributed by atoms with Crippen molar-refractivity contribution in [3.63, 3.8) is 0 Å². The van der Waals surface area contributed by atoms with Crippen LogP contribution in [-0.4, -0.2) is 24.9 Å². The Bertz CT molecular complexity index is 1150. The summed E-state index contributed by atoms with van der Waals surface area (Å²) in [5.41, 5.74) is 2.93. The zero-order chi connectivity index (χ0) is 21.1. The topological polar surface area (TPSA) is 83.8 Å². The summed E-state index contributed by atoms with van der Waals surface area (Å²) in [5.74, 6) is -0.206. The van der Waals surface area contributed by atoms with Crippen LogP contribution in [0.1, 0.15) is 29.0 Å². The second-order valence-corrected chi connectivity index (χ2v) is 7.21. The lowest BCUT2D eigenvalue weighted by Crippen LogP contribution is -2.10. The van der Waals surface area contributed by atoms with E-state index in [0.29, 0.717) is 18.8 Å². The highest BCUT2D eigenvalue weighted by molar-refractivity contribution is 5.57. The summed E-state index contributed by atoms with van der Waals surface area (Å²) in [6.45, 7) is 2.61. The molecule has 2 heterocycles. The lowest BCUT2D eigenvalue weighted by molar-refractivity contribution is 0.466. The molecule has 4 aromatic rings. The molecule has 1 unspecified atom stereocenters. The van der Waals surface area contributed by atoms with E-state index in [1.165, 1.54) is 17.7 Å². The highest BCUT2D eigenvalue weighted by atomic mass is 19.1. The Labute approximate surface area is 172 Å². The molecule has 0 aliphatic carbocycles. The largest absolute Gasteiger partial charge is 0.503 e. The number of hydrogen-bond donors (Lipinski definition) is 2. The molecule has 0 aliphatic rings. The number of aromatic nitrogens is 4. The summed E-state index contributed by atoms with van der Waals surface area (Å²) >= 11 is 0. The fourth-order valence-corrected chi connectivity index (χ4v) is 3.55. The van der Waals surface area contributed by atoms with Crippen LogP contribution in [0.5, 0.6) is 5.75 Å². The Hall–Kier alpha value is -3.74. The molecule has 2 N–H and O–H groups in total. The summed E-state index contributed by atoms with van der Waals surface area (Å²) in [7, 11) is 0. The van der Waals surface area contributed by atoms with Gasteiger partial charge in [0.15, 0.2) is 11.6 Å². The molecule has 4 rings (SSSR count). The Morgan fingerprint density at radius 1 is 1.10 bits per heavy atom. The minimum Gasteiger partial charge on any atom is -0.503 e. The maximum absolute atomic E-state index is 13.5. The number of halogens is 1. The van der Waals surface area contributed by atoms with Crippen molar-refractivity contribution in [2.75, 3.05) is 0 Å². The van der Waals surface area contributed by atoms with E-state index in [1.54, 1.807) is 24.5 Å². The third-order valence-corrected chi connectivity index (χ3v) is 5.18. The normalized spacial score (nSPS) is 12.1. The fourth-order valence-electron chi connectivity index (χ4n) is 3.55. The number of rotatable bonds is 6. The van der Waals surface area contributed by atoms with E-state index in [4.69, 9.17) is 0 Å². The number of aromatic amines is 1. The van der Waals surface area contributed by atoms with Gasteiger partial charge in [0, 0.05) is 24.9 Å². The van der Waals surface area contributed by atoms with E-state index >= 15 is 0 Å². The van der Waals surface area contributed by atoms with Gasteiger partial charge in [0.05, 0.1) is 6.20 Å². The van der Waals surface area contributed by atoms with Gasteiger partial charge in [0.2, 0.25) is 5.43 Å². The average molecular weight is 404 g/mol. The first-order valence-corrected chi connectivity index (χ1v) is 9.63. The number of benzene rings is 2. The maximum Gasteiger partial charge on any atom is 0.242 e. The van der Waals surface area contributed by atoms with Crippen LogP contribution in [0.25, 0.3) is 11.5 Å². The minimum absolute atomic E-state index is 0.0444. The first-order valence-electron chi connectivity index (χ1n) is 9.63. The summed E-state index contributed by atoms with van der Waals surface area (Å²) < 4.78 is 15.3. The van der Waals surface area contributed by atoms with E-state index in [0.717, 1.165) is 17.3 Å². The summed E-state index contributed by atoms with van der Waals surface area (Å²) in [5, 5.41) is 16.5. The lowest BCUT2D eigenvalue weighted by Gasteiger charge is -2.19. The van der Waals surface area contributed by atoms with E-state index in [9.17, 15) is 14.3 Å². The van der Waals surface area contributed by atoms with Crippen LogP contribution in [0.4, 0.5) is 4.39 Å². The van der Waals surface area contributed by atoms with Gasteiger partial charge >= 0.3 is 0 Å². The number of aromatic hydroxyl groups is 1. The standard InChI is InChI=1S/C23H21FN4O2/c1-15-2-4-16(5-3-15)19(17-6-8-18(24)9-7-17)10-12-28-13-11-25-23(28)21-22(30)20(29)14-26-27-21/h2-9,11,13-14,19H,10,12H2,1H3,(H,26,30)(H,27,29). The highest BCUT2D eigenvalue weighted by Crippen LogP contribution is 2.30. The van der Waals surface area contributed by atoms with E-state index < -0.39 is 11.2 Å². The third kappa shape index (κ3) is 4.00. The molecular weight excluding hydrogens is 383 g/mol. The Morgan fingerprint density at radius 2 is 1.77 bits per heavy atom. The Balaban J connectivity index is 1.65. The van der Waals surface area contributed by atoms with Crippen molar-refractivity contribution in [2.24, 2.45) is 0 Å². The molecular formula is C23H21FN4O2. The SMILES string of the molecule is Cc1ccc(C(CCn2ccnc2-c2[nH]ncc(=O)c2O)c2ccc(F)cc2)cc1. The van der Waals surface area contributed by atoms with Gasteiger partial charge in [-0.15, -0.1) is 0 Å². The number of aryl methyl sites for hydroxylation is 2. The Kier molecular flexibility index (Phi) is 5.43. The van der Waals surface area contributed by atoms with Crippen molar-refractivity contribution in [3.8, 4) is 17.3 Å². The molecule has 0 saturated heterocycles. The zero-order valence-corrected chi connectivity index (χ0v) is 16.4. The minimum atomic E-state index is -0.567. The lowest BCUT2D eigenvalue weighted by atomic mass is 9.88. The van der Waals surface area contributed by atoms with Gasteiger partial charge in [-0.3, -0.25) is 9.89 Å². The van der Waals surface area contributed by atoms with Crippen molar-refractivity contribution in [1.29, 1.82) is 0 Å². The number of hydrogen-bond acceptors (Lipinski definition) is 4. The molecule has 0 bridgehead atoms. The molecule has 1 atom stereocenters. The van der Waals surface area contributed by atoms with Crippen molar-refractivity contribution < 1.29 is 9.50 Å². The van der Waals surface area contributed by atoms with Gasteiger partial charge in [-0.2, -0.15) is 5.10 Å². The molecule has 0 aliphatic heterocycles. The van der Waals surface area contributed by atoms with E-state index in [1.807, 2.05) is 11.5 Å². The monoisotopic (exact) mass is 404 g/mol. The van der Waals surface area contributed by atoms with Crippen molar-refractivity contribution in [2.45, 2.75) is 25.8 Å². The molecule has 152 valence electrons. The maximum atomic E-state index is 13.5. The van der Waals surface area contributed by atoms with E-state index in [-0.39, 0.29) is 17.4 Å². The molecule has 2 aromatic carbocycles. The fraction of sp³-hybridized carbons (Fsp3) is 0.174. The third-order valence-electron chi connectivity index (χ3n) is 5.18. The van der Waals surface area contributed by atoms with Crippen LogP contribution in [0, 0.1) is 12.7 Å². The van der Waals surface area contributed by atoms with Gasteiger partial charge < -0.3 is 9.67 Å². The molecule has 7 heteroatoms. The average Bonchev–Trinajstić information content (AvgIpc) is 3.21. The van der Waals surface area contributed by atoms with Crippen LogP contribution in [0.2, 0.25) is 0 Å². The van der Waals surface area contributed by atoms with Crippen LogP contribution >= 0.6 is 0 Å². The first kappa shape index (κ1) is 19.6. The summed E-state index contributed by atoms with van der Waals surface area (Å²) in [6.07, 6.45) is 5.13. The second kappa shape index (κ2) is 8.32. The van der Waals surface area contributed by atoms with Crippen molar-refractivity contribution in [3.05, 3.63) is 99.9 Å². The molecule has 2 aromatic heterocycles. The van der Waals surface area contributed by atoms with Crippen molar-refractivity contribution in [1.82, 2.24) is 19.7 Å². The molecule has 30 heavy (non-hydrogen) atoms. The van der Waals surface area contributed by atoms with Crippen LogP contribution in [0.15, 0.2) is 71.9 Å². The predicted octanol–water partition coefficient (Wildman–Crippen LogP) is 4.01. The van der Waals surface area contributed by atoms with Gasteiger partial charge in [-0.25, -0.2) is 9.37 Å².